The summed E-state index contributed by atoms with van der Waals surface area (Å²) in [5.41, 5.74) is 2.15. The lowest BCUT2D eigenvalue weighted by Crippen LogP contribution is -2.07. The summed E-state index contributed by atoms with van der Waals surface area (Å²) >= 11 is 0. The van der Waals surface area contributed by atoms with Crippen molar-refractivity contribution < 1.29 is 5.11 Å². The van der Waals surface area contributed by atoms with Crippen LogP contribution in [0.15, 0.2) is 42.9 Å². The van der Waals surface area contributed by atoms with Crippen molar-refractivity contribution in [3.63, 3.8) is 0 Å². The number of rotatable bonds is 4. The molecule has 0 atom stereocenters. The maximum atomic E-state index is 9.34. The predicted octanol–water partition coefficient (Wildman–Crippen LogP) is 2.34. The minimum Gasteiger partial charge on any atom is -0.392 e. The van der Waals surface area contributed by atoms with Gasteiger partial charge in [-0.3, -0.25) is 0 Å². The topological polar surface area (TPSA) is 43.0 Å². The molecule has 0 spiro atoms. The van der Waals surface area contributed by atoms with Gasteiger partial charge in [-0.05, 0) is 24.6 Å². The zero-order valence-corrected chi connectivity index (χ0v) is 11.0. The minimum absolute atomic E-state index is 0.0853. The Hall–Kier alpha value is -2.07. The Bertz CT molecular complexity index is 696. The van der Waals surface area contributed by atoms with Gasteiger partial charge in [0.25, 0.3) is 0 Å². The van der Waals surface area contributed by atoms with Crippen molar-refractivity contribution in [3.05, 3.63) is 54.2 Å². The van der Waals surface area contributed by atoms with E-state index in [0.29, 0.717) is 0 Å². The largest absolute Gasteiger partial charge is 0.392 e. The molecule has 0 bridgehead atoms. The van der Waals surface area contributed by atoms with Gasteiger partial charge in [0.15, 0.2) is 0 Å². The van der Waals surface area contributed by atoms with Gasteiger partial charge in [-0.1, -0.05) is 12.1 Å². The van der Waals surface area contributed by atoms with Crippen LogP contribution >= 0.6 is 0 Å². The summed E-state index contributed by atoms with van der Waals surface area (Å²) in [4.78, 5) is 4.23. The molecule has 2 aromatic heterocycles. The SMILES string of the molecule is Cc1nccn1CCn1ccc2c(CO)cccc21. The Morgan fingerprint density at radius 2 is 1.95 bits per heavy atom. The van der Waals surface area contributed by atoms with E-state index in [9.17, 15) is 5.11 Å². The molecule has 0 aliphatic rings. The van der Waals surface area contributed by atoms with E-state index in [4.69, 9.17) is 0 Å². The predicted molar refractivity (Wildman–Crippen MR) is 74.8 cm³/mol. The zero-order chi connectivity index (χ0) is 13.2. The van der Waals surface area contributed by atoms with E-state index < -0.39 is 0 Å². The number of benzene rings is 1. The first-order chi connectivity index (χ1) is 9.29. The summed E-state index contributed by atoms with van der Waals surface area (Å²) in [6.45, 7) is 3.90. The van der Waals surface area contributed by atoms with Gasteiger partial charge in [0.1, 0.15) is 5.82 Å². The number of imidazole rings is 1. The van der Waals surface area contributed by atoms with Crippen molar-refractivity contribution in [3.8, 4) is 0 Å². The number of hydrogen-bond donors (Lipinski definition) is 1. The number of hydrogen-bond acceptors (Lipinski definition) is 2. The third-order valence-corrected chi connectivity index (χ3v) is 3.58. The van der Waals surface area contributed by atoms with Crippen LogP contribution in [0, 0.1) is 6.92 Å². The van der Waals surface area contributed by atoms with E-state index in [1.807, 2.05) is 31.5 Å². The molecule has 98 valence electrons. The second-order valence-corrected chi connectivity index (χ2v) is 4.69. The fourth-order valence-electron chi connectivity index (χ4n) is 2.48. The number of aromatic nitrogens is 3. The molecule has 0 radical (unpaired) electrons. The van der Waals surface area contributed by atoms with E-state index in [-0.39, 0.29) is 6.61 Å². The molecular weight excluding hydrogens is 238 g/mol. The third-order valence-electron chi connectivity index (χ3n) is 3.58. The number of aryl methyl sites for hydroxylation is 3. The van der Waals surface area contributed by atoms with E-state index >= 15 is 0 Å². The van der Waals surface area contributed by atoms with Gasteiger partial charge in [-0.15, -0.1) is 0 Å². The molecule has 0 amide bonds. The highest BCUT2D eigenvalue weighted by Crippen LogP contribution is 2.20. The molecule has 3 rings (SSSR count). The van der Waals surface area contributed by atoms with Crippen LogP contribution in [0.3, 0.4) is 0 Å². The summed E-state index contributed by atoms with van der Waals surface area (Å²) < 4.78 is 4.36. The maximum Gasteiger partial charge on any atom is 0.105 e. The van der Waals surface area contributed by atoms with Crippen LogP contribution < -0.4 is 0 Å². The summed E-state index contributed by atoms with van der Waals surface area (Å²) in [6.07, 6.45) is 5.91. The normalized spacial score (nSPS) is 11.3. The standard InChI is InChI=1S/C15H17N3O/c1-12-16-6-8-17(12)9-10-18-7-5-14-13(11-19)3-2-4-15(14)18/h2-8,19H,9-11H2,1H3. The lowest BCUT2D eigenvalue weighted by molar-refractivity contribution is 0.283. The molecule has 2 heterocycles. The number of aliphatic hydroxyl groups is 1. The first-order valence-corrected chi connectivity index (χ1v) is 6.45. The highest BCUT2D eigenvalue weighted by Gasteiger charge is 2.05. The molecule has 1 aromatic carbocycles. The van der Waals surface area contributed by atoms with Gasteiger partial charge in [-0.25, -0.2) is 4.98 Å². The van der Waals surface area contributed by atoms with E-state index in [1.165, 1.54) is 5.52 Å². The van der Waals surface area contributed by atoms with Crippen LogP contribution in [0.25, 0.3) is 10.9 Å². The smallest absolute Gasteiger partial charge is 0.105 e. The molecule has 0 aliphatic heterocycles. The second kappa shape index (κ2) is 4.90. The van der Waals surface area contributed by atoms with Crippen LogP contribution in [0.5, 0.6) is 0 Å². The maximum absolute atomic E-state index is 9.34. The molecule has 19 heavy (non-hydrogen) atoms. The highest BCUT2D eigenvalue weighted by atomic mass is 16.3. The van der Waals surface area contributed by atoms with Gasteiger partial charge in [-0.2, -0.15) is 0 Å². The summed E-state index contributed by atoms with van der Waals surface area (Å²) in [5.74, 6) is 1.03. The molecule has 0 saturated carbocycles. The molecule has 3 aromatic rings. The third kappa shape index (κ3) is 2.15. The van der Waals surface area contributed by atoms with Gasteiger partial charge in [0.05, 0.1) is 6.61 Å². The fourth-order valence-corrected chi connectivity index (χ4v) is 2.48. The van der Waals surface area contributed by atoms with Gasteiger partial charge in [0.2, 0.25) is 0 Å². The Kier molecular flexibility index (Phi) is 3.09. The molecular formula is C15H17N3O. The molecule has 0 unspecified atom stereocenters. The summed E-state index contributed by atoms with van der Waals surface area (Å²) in [7, 11) is 0. The first kappa shape index (κ1) is 12.0. The van der Waals surface area contributed by atoms with Crippen molar-refractivity contribution in [2.75, 3.05) is 0 Å². The number of aliphatic hydroxyl groups excluding tert-OH is 1. The van der Waals surface area contributed by atoms with Crippen LogP contribution in [-0.2, 0) is 19.7 Å². The number of nitrogens with zero attached hydrogens (tertiary/aromatic N) is 3. The summed E-state index contributed by atoms with van der Waals surface area (Å²) in [5, 5.41) is 10.5. The fraction of sp³-hybridized carbons (Fsp3) is 0.267. The summed E-state index contributed by atoms with van der Waals surface area (Å²) in [6, 6.07) is 8.12. The Labute approximate surface area is 111 Å². The van der Waals surface area contributed by atoms with Crippen LogP contribution in [0.4, 0.5) is 0 Å². The monoisotopic (exact) mass is 255 g/mol. The van der Waals surface area contributed by atoms with Crippen molar-refractivity contribution in [1.29, 1.82) is 0 Å². The lowest BCUT2D eigenvalue weighted by Gasteiger charge is -2.08. The van der Waals surface area contributed by atoms with Crippen molar-refractivity contribution in [2.45, 2.75) is 26.6 Å². The van der Waals surface area contributed by atoms with Crippen molar-refractivity contribution in [2.24, 2.45) is 0 Å². The van der Waals surface area contributed by atoms with E-state index in [2.05, 4.69) is 32.4 Å². The molecule has 0 aliphatic carbocycles. The van der Waals surface area contributed by atoms with Gasteiger partial charge < -0.3 is 14.2 Å². The zero-order valence-electron chi connectivity index (χ0n) is 11.0. The minimum atomic E-state index is 0.0853. The molecule has 4 nitrogen and oxygen atoms in total. The van der Waals surface area contributed by atoms with Crippen molar-refractivity contribution >= 4 is 10.9 Å². The number of fused-ring (bicyclic) bond motifs is 1. The van der Waals surface area contributed by atoms with Crippen LogP contribution in [0.1, 0.15) is 11.4 Å². The Balaban J connectivity index is 1.88. The average Bonchev–Trinajstić information content (AvgIpc) is 3.02. The van der Waals surface area contributed by atoms with Crippen LogP contribution in [-0.4, -0.2) is 19.2 Å². The molecule has 4 heteroatoms. The molecule has 0 fully saturated rings. The van der Waals surface area contributed by atoms with E-state index in [1.54, 1.807) is 0 Å². The van der Waals surface area contributed by atoms with E-state index in [0.717, 1.165) is 29.9 Å². The van der Waals surface area contributed by atoms with Crippen LogP contribution in [0.2, 0.25) is 0 Å². The second-order valence-electron chi connectivity index (χ2n) is 4.69. The quantitative estimate of drug-likeness (QED) is 0.777. The Morgan fingerprint density at radius 1 is 1.11 bits per heavy atom. The van der Waals surface area contributed by atoms with Crippen molar-refractivity contribution in [1.82, 2.24) is 14.1 Å². The highest BCUT2D eigenvalue weighted by molar-refractivity contribution is 5.83. The lowest BCUT2D eigenvalue weighted by atomic mass is 10.1. The van der Waals surface area contributed by atoms with Gasteiger partial charge >= 0.3 is 0 Å². The average molecular weight is 255 g/mol. The Morgan fingerprint density at radius 3 is 2.68 bits per heavy atom. The molecule has 0 saturated heterocycles. The first-order valence-electron chi connectivity index (χ1n) is 6.45. The molecule has 1 N–H and O–H groups in total. The van der Waals surface area contributed by atoms with Gasteiger partial charge in [0, 0.05) is 42.6 Å².